The predicted molar refractivity (Wildman–Crippen MR) is 119 cm³/mol. The fourth-order valence-corrected chi connectivity index (χ4v) is 3.75. The van der Waals surface area contributed by atoms with E-state index in [-0.39, 0.29) is 5.91 Å². The quantitative estimate of drug-likeness (QED) is 0.400. The first-order chi connectivity index (χ1) is 14.2. The van der Waals surface area contributed by atoms with Crippen molar-refractivity contribution in [3.8, 4) is 0 Å². The summed E-state index contributed by atoms with van der Waals surface area (Å²) >= 11 is 0. The molecule has 0 unspecified atom stereocenters. The summed E-state index contributed by atoms with van der Waals surface area (Å²) in [4.78, 5) is 15.3. The zero-order valence-electron chi connectivity index (χ0n) is 16.8. The zero-order valence-corrected chi connectivity index (χ0v) is 16.8. The van der Waals surface area contributed by atoms with E-state index in [1.807, 2.05) is 41.3 Å². The summed E-state index contributed by atoms with van der Waals surface area (Å²) in [5, 5.41) is 2.25. The summed E-state index contributed by atoms with van der Waals surface area (Å²) in [6.45, 7) is 4.28. The van der Waals surface area contributed by atoms with Crippen LogP contribution >= 0.6 is 0 Å². The molecule has 0 fully saturated rings. The normalized spacial score (nSPS) is 10.9. The number of hydrogen-bond donors (Lipinski definition) is 0. The van der Waals surface area contributed by atoms with Gasteiger partial charge in [-0.1, -0.05) is 67.6 Å². The van der Waals surface area contributed by atoms with Crippen LogP contribution in [-0.2, 0) is 13.1 Å². The number of benzene rings is 3. The molecular weight excluding hydrogens is 356 g/mol. The van der Waals surface area contributed by atoms with E-state index < -0.39 is 0 Å². The molecule has 0 atom stereocenters. The third-order valence-corrected chi connectivity index (χ3v) is 5.25. The maximum Gasteiger partial charge on any atom is 0.254 e. The highest BCUT2D eigenvalue weighted by Crippen LogP contribution is 2.19. The van der Waals surface area contributed by atoms with E-state index in [0.29, 0.717) is 6.54 Å². The van der Waals surface area contributed by atoms with Crippen LogP contribution in [0, 0.1) is 0 Å². The lowest BCUT2D eigenvalue weighted by Crippen LogP contribution is -2.32. The fraction of sp³-hybridized carbons (Fsp3) is 0.192. The predicted octanol–water partition coefficient (Wildman–Crippen LogP) is 5.74. The molecule has 0 saturated heterocycles. The van der Waals surface area contributed by atoms with Crippen LogP contribution in [0.5, 0.6) is 0 Å². The van der Waals surface area contributed by atoms with Gasteiger partial charge in [-0.25, -0.2) is 0 Å². The Bertz CT molecular complexity index is 1100. The lowest BCUT2D eigenvalue weighted by Gasteiger charge is -2.23. The maximum absolute atomic E-state index is 13.3. The van der Waals surface area contributed by atoms with Crippen molar-refractivity contribution in [3.63, 3.8) is 0 Å². The van der Waals surface area contributed by atoms with Crippen molar-refractivity contribution in [2.24, 2.45) is 0 Å². The Morgan fingerprint density at radius 2 is 1.62 bits per heavy atom. The van der Waals surface area contributed by atoms with E-state index in [2.05, 4.69) is 66.2 Å². The minimum atomic E-state index is 0.0880. The molecule has 0 aliphatic carbocycles. The molecule has 0 bridgehead atoms. The molecule has 0 spiro atoms. The van der Waals surface area contributed by atoms with Crippen molar-refractivity contribution >= 4 is 16.7 Å². The van der Waals surface area contributed by atoms with Crippen molar-refractivity contribution < 1.29 is 4.79 Å². The van der Waals surface area contributed by atoms with E-state index in [1.54, 1.807) is 0 Å². The molecule has 4 rings (SSSR count). The highest BCUT2D eigenvalue weighted by molar-refractivity contribution is 5.98. The van der Waals surface area contributed by atoms with E-state index in [1.165, 1.54) is 5.56 Å². The maximum atomic E-state index is 13.3. The molecule has 1 aromatic heterocycles. The molecule has 29 heavy (non-hydrogen) atoms. The van der Waals surface area contributed by atoms with Crippen LogP contribution in [-0.4, -0.2) is 21.9 Å². The number of nitrogens with zero attached hydrogens (tertiary/aromatic N) is 2. The molecule has 0 N–H and O–H groups in total. The summed E-state index contributed by atoms with van der Waals surface area (Å²) in [5.41, 5.74) is 3.16. The van der Waals surface area contributed by atoms with Crippen molar-refractivity contribution in [2.75, 3.05) is 6.54 Å². The van der Waals surface area contributed by atoms with Gasteiger partial charge < -0.3 is 9.47 Å². The van der Waals surface area contributed by atoms with Gasteiger partial charge in [-0.05, 0) is 47.0 Å². The Morgan fingerprint density at radius 3 is 2.41 bits per heavy atom. The number of hydrogen-bond acceptors (Lipinski definition) is 1. The first kappa shape index (κ1) is 19.0. The molecule has 3 nitrogen and oxygen atoms in total. The smallest absolute Gasteiger partial charge is 0.254 e. The van der Waals surface area contributed by atoms with Gasteiger partial charge in [0.25, 0.3) is 5.91 Å². The molecule has 0 aliphatic rings. The Hall–Kier alpha value is -3.33. The molecule has 146 valence electrons. The topological polar surface area (TPSA) is 25.2 Å². The lowest BCUT2D eigenvalue weighted by atomic mass is 10.1. The van der Waals surface area contributed by atoms with Crippen molar-refractivity contribution in [3.05, 3.63) is 108 Å². The number of aromatic nitrogens is 1. The standard InChI is InChI=1S/C26H26N2O/c1-2-16-28(26(29)24-15-14-22-11-6-7-12-23(22)18-24)20-25-13-8-17-27(25)19-21-9-4-3-5-10-21/h3-15,17-18H,2,16,19-20H2,1H3. The van der Waals surface area contributed by atoms with Gasteiger partial charge in [-0.3, -0.25) is 4.79 Å². The molecular formula is C26H26N2O. The number of rotatable bonds is 7. The van der Waals surface area contributed by atoms with Crippen LogP contribution in [0.3, 0.4) is 0 Å². The molecule has 4 aromatic rings. The van der Waals surface area contributed by atoms with Gasteiger partial charge in [-0.15, -0.1) is 0 Å². The average Bonchev–Trinajstić information content (AvgIpc) is 3.20. The fourth-order valence-electron chi connectivity index (χ4n) is 3.75. The third kappa shape index (κ3) is 4.40. The van der Waals surface area contributed by atoms with E-state index >= 15 is 0 Å². The van der Waals surface area contributed by atoms with Gasteiger partial charge in [0.15, 0.2) is 0 Å². The van der Waals surface area contributed by atoms with E-state index in [9.17, 15) is 4.79 Å². The summed E-state index contributed by atoms with van der Waals surface area (Å²) in [7, 11) is 0. The summed E-state index contributed by atoms with van der Waals surface area (Å²) < 4.78 is 2.23. The Kier molecular flexibility index (Phi) is 5.76. The molecule has 3 aromatic carbocycles. The van der Waals surface area contributed by atoms with Crippen LogP contribution in [0.25, 0.3) is 10.8 Å². The van der Waals surface area contributed by atoms with Gasteiger partial charge in [0.05, 0.1) is 6.54 Å². The summed E-state index contributed by atoms with van der Waals surface area (Å²) in [6, 6.07) is 28.7. The number of fused-ring (bicyclic) bond motifs is 1. The Morgan fingerprint density at radius 1 is 0.862 bits per heavy atom. The molecule has 1 amide bonds. The van der Waals surface area contributed by atoms with Gasteiger partial charge in [0.2, 0.25) is 0 Å². The summed E-state index contributed by atoms with van der Waals surface area (Å²) in [5.74, 6) is 0.0880. The van der Waals surface area contributed by atoms with E-state index in [4.69, 9.17) is 0 Å². The Labute approximate surface area is 172 Å². The highest BCUT2D eigenvalue weighted by atomic mass is 16.2. The van der Waals surface area contributed by atoms with Gasteiger partial charge in [-0.2, -0.15) is 0 Å². The van der Waals surface area contributed by atoms with Gasteiger partial charge >= 0.3 is 0 Å². The van der Waals surface area contributed by atoms with Gasteiger partial charge in [0.1, 0.15) is 0 Å². The summed E-state index contributed by atoms with van der Waals surface area (Å²) in [6.07, 6.45) is 3.02. The monoisotopic (exact) mass is 382 g/mol. The number of amides is 1. The van der Waals surface area contributed by atoms with Crippen molar-refractivity contribution in [1.29, 1.82) is 0 Å². The lowest BCUT2D eigenvalue weighted by molar-refractivity contribution is 0.0740. The van der Waals surface area contributed by atoms with Crippen molar-refractivity contribution in [1.82, 2.24) is 9.47 Å². The number of carbonyl (C=O) groups excluding carboxylic acids is 1. The second-order valence-corrected chi connectivity index (χ2v) is 7.40. The number of carbonyl (C=O) groups is 1. The third-order valence-electron chi connectivity index (χ3n) is 5.25. The zero-order chi connectivity index (χ0) is 20.1. The largest absolute Gasteiger partial charge is 0.345 e. The van der Waals surface area contributed by atoms with Crippen LogP contribution in [0.4, 0.5) is 0 Å². The second-order valence-electron chi connectivity index (χ2n) is 7.40. The first-order valence-electron chi connectivity index (χ1n) is 10.2. The SMILES string of the molecule is CCCN(Cc1cccn1Cc1ccccc1)C(=O)c1ccc2ccccc2c1. The van der Waals surface area contributed by atoms with Crippen LogP contribution in [0.15, 0.2) is 91.1 Å². The average molecular weight is 383 g/mol. The second kappa shape index (κ2) is 8.78. The molecule has 3 heteroatoms. The van der Waals surface area contributed by atoms with Crippen LogP contribution < -0.4 is 0 Å². The first-order valence-corrected chi connectivity index (χ1v) is 10.2. The molecule has 0 aliphatic heterocycles. The van der Waals surface area contributed by atoms with Crippen LogP contribution in [0.1, 0.15) is 35.0 Å². The highest BCUT2D eigenvalue weighted by Gasteiger charge is 2.17. The molecule has 0 saturated carbocycles. The van der Waals surface area contributed by atoms with Gasteiger partial charge in [0, 0.05) is 30.5 Å². The van der Waals surface area contributed by atoms with E-state index in [0.717, 1.165) is 41.5 Å². The minimum absolute atomic E-state index is 0.0880. The van der Waals surface area contributed by atoms with Crippen LogP contribution in [0.2, 0.25) is 0 Å². The van der Waals surface area contributed by atoms with Crippen molar-refractivity contribution in [2.45, 2.75) is 26.4 Å². The minimum Gasteiger partial charge on any atom is -0.345 e. The Balaban J connectivity index is 1.56. The molecule has 0 radical (unpaired) electrons. The molecule has 1 heterocycles.